The van der Waals surface area contributed by atoms with Crippen molar-refractivity contribution in [1.82, 2.24) is 0 Å². The Kier molecular flexibility index (Phi) is 4.55. The van der Waals surface area contributed by atoms with E-state index in [0.717, 1.165) is 6.42 Å². The molecule has 1 rings (SSSR count). The van der Waals surface area contributed by atoms with E-state index in [-0.39, 0.29) is 0 Å². The Morgan fingerprint density at radius 1 is 1.41 bits per heavy atom. The Morgan fingerprint density at radius 2 is 2.00 bits per heavy atom. The van der Waals surface area contributed by atoms with Crippen molar-refractivity contribution in [2.24, 2.45) is 5.92 Å². The lowest BCUT2D eigenvalue weighted by Crippen LogP contribution is -2.42. The Morgan fingerprint density at radius 3 is 2.47 bits per heavy atom. The van der Waals surface area contributed by atoms with Crippen LogP contribution in [0, 0.1) is 5.92 Å². The quantitative estimate of drug-likeness (QED) is 0.824. The van der Waals surface area contributed by atoms with E-state index in [9.17, 15) is 9.90 Å². The zero-order valence-corrected chi connectivity index (χ0v) is 10.6. The molecule has 94 valence electrons. The average molecular weight is 236 g/mol. The largest absolute Gasteiger partial charge is 0.478 e. The summed E-state index contributed by atoms with van der Waals surface area (Å²) in [5, 5.41) is 9.31. The molecule has 0 aliphatic rings. The lowest BCUT2D eigenvalue weighted by atomic mass is 9.91. The van der Waals surface area contributed by atoms with Crippen LogP contribution in [0.5, 0.6) is 5.75 Å². The summed E-state index contributed by atoms with van der Waals surface area (Å²) in [5.41, 5.74) is -1.16. The van der Waals surface area contributed by atoms with Gasteiger partial charge in [-0.15, -0.1) is 0 Å². The van der Waals surface area contributed by atoms with Crippen molar-refractivity contribution in [1.29, 1.82) is 0 Å². The van der Waals surface area contributed by atoms with Crippen LogP contribution >= 0.6 is 0 Å². The molecular formula is C14H20O3. The molecule has 0 aliphatic heterocycles. The fraction of sp³-hybridized carbons (Fsp3) is 0.500. The molecule has 1 N–H and O–H groups in total. The minimum absolute atomic E-state index is 0.319. The van der Waals surface area contributed by atoms with Gasteiger partial charge in [-0.2, -0.15) is 0 Å². The number of hydrogen-bond acceptors (Lipinski definition) is 2. The van der Waals surface area contributed by atoms with Crippen molar-refractivity contribution in [2.45, 2.75) is 39.2 Å². The number of carboxylic acids is 1. The van der Waals surface area contributed by atoms with Crippen LogP contribution in [0.25, 0.3) is 0 Å². The molecule has 0 heterocycles. The van der Waals surface area contributed by atoms with Crippen LogP contribution < -0.4 is 4.74 Å². The predicted octanol–water partition coefficient (Wildman–Crippen LogP) is 3.34. The summed E-state index contributed by atoms with van der Waals surface area (Å²) in [6, 6.07) is 9.09. The van der Waals surface area contributed by atoms with E-state index < -0.39 is 11.6 Å². The molecule has 0 aromatic heterocycles. The monoisotopic (exact) mass is 236 g/mol. The highest BCUT2D eigenvalue weighted by Gasteiger charge is 2.36. The smallest absolute Gasteiger partial charge is 0.347 e. The van der Waals surface area contributed by atoms with Gasteiger partial charge in [0.2, 0.25) is 5.60 Å². The molecule has 0 saturated carbocycles. The Balaban J connectivity index is 2.82. The first-order valence-corrected chi connectivity index (χ1v) is 5.95. The second-order valence-electron chi connectivity index (χ2n) is 4.67. The van der Waals surface area contributed by atoms with E-state index in [0.29, 0.717) is 18.1 Å². The van der Waals surface area contributed by atoms with Gasteiger partial charge in [0.15, 0.2) is 0 Å². The number of carboxylic acid groups (broad SMARTS) is 1. The summed E-state index contributed by atoms with van der Waals surface area (Å²) in [6.45, 7) is 5.72. The van der Waals surface area contributed by atoms with Crippen LogP contribution in [-0.4, -0.2) is 16.7 Å². The molecule has 3 nitrogen and oxygen atoms in total. The second kappa shape index (κ2) is 5.71. The van der Waals surface area contributed by atoms with Gasteiger partial charge in [-0.3, -0.25) is 0 Å². The molecule has 0 aliphatic carbocycles. The van der Waals surface area contributed by atoms with Crippen molar-refractivity contribution >= 4 is 5.97 Å². The summed E-state index contributed by atoms with van der Waals surface area (Å²) < 4.78 is 5.64. The second-order valence-corrected chi connectivity index (χ2v) is 4.67. The SMILES string of the molecule is CCC(C)CC(C)(Oc1ccccc1)C(=O)O. The Bertz CT molecular complexity index is 361. The van der Waals surface area contributed by atoms with Crippen molar-refractivity contribution < 1.29 is 14.6 Å². The highest BCUT2D eigenvalue weighted by molar-refractivity contribution is 5.77. The lowest BCUT2D eigenvalue weighted by Gasteiger charge is -2.28. The fourth-order valence-corrected chi connectivity index (χ4v) is 1.73. The standard InChI is InChI=1S/C14H20O3/c1-4-11(2)10-14(3,13(15)16)17-12-8-6-5-7-9-12/h5-9,11H,4,10H2,1-3H3,(H,15,16). The maximum absolute atomic E-state index is 11.4. The molecule has 0 radical (unpaired) electrons. The molecule has 0 bridgehead atoms. The normalized spacial score (nSPS) is 15.9. The summed E-state index contributed by atoms with van der Waals surface area (Å²) >= 11 is 0. The van der Waals surface area contributed by atoms with E-state index in [2.05, 4.69) is 6.92 Å². The van der Waals surface area contributed by atoms with Crippen molar-refractivity contribution in [3.05, 3.63) is 30.3 Å². The third kappa shape index (κ3) is 3.77. The summed E-state index contributed by atoms with van der Waals surface area (Å²) in [6.07, 6.45) is 1.45. The summed E-state index contributed by atoms with van der Waals surface area (Å²) in [4.78, 5) is 11.4. The van der Waals surface area contributed by atoms with Gasteiger partial charge in [0.05, 0.1) is 0 Å². The van der Waals surface area contributed by atoms with Gasteiger partial charge in [0.1, 0.15) is 5.75 Å². The van der Waals surface area contributed by atoms with Crippen LogP contribution in [-0.2, 0) is 4.79 Å². The van der Waals surface area contributed by atoms with E-state index in [1.54, 1.807) is 19.1 Å². The lowest BCUT2D eigenvalue weighted by molar-refractivity contribution is -0.155. The van der Waals surface area contributed by atoms with E-state index >= 15 is 0 Å². The van der Waals surface area contributed by atoms with Crippen molar-refractivity contribution in [3.8, 4) is 5.75 Å². The number of para-hydroxylation sites is 1. The summed E-state index contributed by atoms with van der Waals surface area (Å²) in [5.74, 6) is 0.00201. The van der Waals surface area contributed by atoms with Crippen LogP contribution in [0.3, 0.4) is 0 Å². The topological polar surface area (TPSA) is 46.5 Å². The predicted molar refractivity (Wildman–Crippen MR) is 67.2 cm³/mol. The van der Waals surface area contributed by atoms with Gasteiger partial charge in [0.25, 0.3) is 0 Å². The third-order valence-corrected chi connectivity index (χ3v) is 2.97. The van der Waals surface area contributed by atoms with Crippen LogP contribution in [0.2, 0.25) is 0 Å². The van der Waals surface area contributed by atoms with E-state index in [4.69, 9.17) is 4.74 Å². The highest BCUT2D eigenvalue weighted by Crippen LogP contribution is 2.26. The first-order valence-electron chi connectivity index (χ1n) is 5.95. The van der Waals surface area contributed by atoms with Crippen LogP contribution in [0.15, 0.2) is 30.3 Å². The van der Waals surface area contributed by atoms with Gasteiger partial charge in [-0.1, -0.05) is 38.5 Å². The van der Waals surface area contributed by atoms with Gasteiger partial charge in [-0.25, -0.2) is 4.79 Å². The molecule has 2 atom stereocenters. The van der Waals surface area contributed by atoms with Crippen LogP contribution in [0.4, 0.5) is 0 Å². The van der Waals surface area contributed by atoms with Gasteiger partial charge >= 0.3 is 5.97 Å². The zero-order valence-electron chi connectivity index (χ0n) is 10.6. The van der Waals surface area contributed by atoms with Gasteiger partial charge < -0.3 is 9.84 Å². The Hall–Kier alpha value is -1.51. The minimum atomic E-state index is -1.16. The molecular weight excluding hydrogens is 216 g/mol. The number of hydrogen-bond donors (Lipinski definition) is 1. The first kappa shape index (κ1) is 13.6. The molecule has 17 heavy (non-hydrogen) atoms. The van der Waals surface area contributed by atoms with Gasteiger partial charge in [0, 0.05) is 6.42 Å². The van der Waals surface area contributed by atoms with Crippen LogP contribution in [0.1, 0.15) is 33.6 Å². The third-order valence-electron chi connectivity index (χ3n) is 2.97. The van der Waals surface area contributed by atoms with E-state index in [1.807, 2.05) is 25.1 Å². The van der Waals surface area contributed by atoms with Crippen molar-refractivity contribution in [2.75, 3.05) is 0 Å². The minimum Gasteiger partial charge on any atom is -0.478 e. The number of ether oxygens (including phenoxy) is 1. The molecule has 2 unspecified atom stereocenters. The van der Waals surface area contributed by atoms with Gasteiger partial charge in [-0.05, 0) is 25.0 Å². The first-order chi connectivity index (χ1) is 7.98. The molecule has 1 aromatic carbocycles. The molecule has 0 fully saturated rings. The Labute approximate surface area is 102 Å². The fourth-order valence-electron chi connectivity index (χ4n) is 1.73. The molecule has 0 amide bonds. The number of benzene rings is 1. The highest BCUT2D eigenvalue weighted by atomic mass is 16.5. The zero-order chi connectivity index (χ0) is 12.9. The molecule has 1 aromatic rings. The maximum atomic E-state index is 11.4. The van der Waals surface area contributed by atoms with E-state index in [1.165, 1.54) is 0 Å². The molecule has 0 spiro atoms. The number of aliphatic carboxylic acids is 1. The number of rotatable bonds is 6. The summed E-state index contributed by atoms with van der Waals surface area (Å²) in [7, 11) is 0. The molecule has 0 saturated heterocycles. The number of carbonyl (C=O) groups is 1. The maximum Gasteiger partial charge on any atom is 0.347 e. The average Bonchev–Trinajstić information content (AvgIpc) is 2.29. The molecule has 3 heteroatoms. The van der Waals surface area contributed by atoms with Crippen molar-refractivity contribution in [3.63, 3.8) is 0 Å².